The van der Waals surface area contributed by atoms with Crippen LogP contribution in [-0.2, 0) is 0 Å². The summed E-state index contributed by atoms with van der Waals surface area (Å²) in [5.41, 5.74) is 12.6. The van der Waals surface area contributed by atoms with Crippen LogP contribution in [0, 0.1) is 0 Å². The lowest BCUT2D eigenvalue weighted by atomic mass is 10.1. The van der Waals surface area contributed by atoms with Gasteiger partial charge >= 0.3 is 11.9 Å². The van der Waals surface area contributed by atoms with Gasteiger partial charge in [0.2, 0.25) is 5.82 Å². The highest BCUT2D eigenvalue weighted by Crippen LogP contribution is 2.28. The van der Waals surface area contributed by atoms with Crippen LogP contribution >= 0.6 is 0 Å². The van der Waals surface area contributed by atoms with Gasteiger partial charge in [0.15, 0.2) is 17.3 Å². The summed E-state index contributed by atoms with van der Waals surface area (Å²) in [4.78, 5) is 29.8. The molecule has 2 aromatic heterocycles. The van der Waals surface area contributed by atoms with Gasteiger partial charge in [-0.2, -0.15) is 0 Å². The van der Waals surface area contributed by atoms with Crippen LogP contribution in [0.1, 0.15) is 21.0 Å². The second kappa shape index (κ2) is 6.35. The standard InChI is InChI=1S/C14H10N8O4/c15-9-7(5-1-3-6(4-2-5)13(23)24)17-10(16)8(18-9)11-19-21-12(14(25)26)22-20-11/h1-4H,(H2,15,18)(H2,16,17)(H,23,24)(H,25,26). The largest absolute Gasteiger partial charge is 0.478 e. The van der Waals surface area contributed by atoms with Crippen molar-refractivity contribution in [2.75, 3.05) is 11.5 Å². The zero-order valence-electron chi connectivity index (χ0n) is 12.9. The number of aromatic nitrogens is 6. The van der Waals surface area contributed by atoms with E-state index in [0.717, 1.165) is 0 Å². The minimum atomic E-state index is -1.38. The van der Waals surface area contributed by atoms with Crippen LogP contribution in [0.5, 0.6) is 0 Å². The van der Waals surface area contributed by atoms with E-state index in [4.69, 9.17) is 21.7 Å². The topological polar surface area (TPSA) is 204 Å². The number of hydrogen-bond acceptors (Lipinski definition) is 10. The predicted molar refractivity (Wildman–Crippen MR) is 86.8 cm³/mol. The molecule has 1 aromatic carbocycles. The number of nitrogen functional groups attached to an aromatic ring is 2. The molecule has 3 aromatic rings. The van der Waals surface area contributed by atoms with Crippen LogP contribution in [0.2, 0.25) is 0 Å². The molecule has 0 spiro atoms. The Morgan fingerprint density at radius 1 is 0.769 bits per heavy atom. The lowest BCUT2D eigenvalue weighted by Gasteiger charge is -2.09. The van der Waals surface area contributed by atoms with Crippen molar-refractivity contribution in [3.63, 3.8) is 0 Å². The molecule has 0 fully saturated rings. The summed E-state index contributed by atoms with van der Waals surface area (Å²) in [5.74, 6) is -3.25. The van der Waals surface area contributed by atoms with Crippen molar-refractivity contribution in [3.05, 3.63) is 35.7 Å². The van der Waals surface area contributed by atoms with Gasteiger partial charge in [0, 0.05) is 5.56 Å². The van der Waals surface area contributed by atoms with Crippen molar-refractivity contribution in [2.24, 2.45) is 0 Å². The summed E-state index contributed by atoms with van der Waals surface area (Å²) in [6.07, 6.45) is 0. The smallest absolute Gasteiger partial charge is 0.377 e. The molecule has 0 saturated heterocycles. The normalized spacial score (nSPS) is 10.5. The first-order chi connectivity index (χ1) is 12.4. The molecule has 0 unspecified atom stereocenters. The van der Waals surface area contributed by atoms with E-state index in [1.54, 1.807) is 0 Å². The highest BCUT2D eigenvalue weighted by atomic mass is 16.4. The number of carboxylic acid groups (broad SMARTS) is 2. The zero-order chi connectivity index (χ0) is 18.8. The number of nitrogens with two attached hydrogens (primary N) is 2. The van der Waals surface area contributed by atoms with E-state index in [1.165, 1.54) is 24.3 Å². The molecule has 6 N–H and O–H groups in total. The van der Waals surface area contributed by atoms with E-state index >= 15 is 0 Å². The number of benzene rings is 1. The predicted octanol–water partition coefficient (Wildman–Crippen LogP) is -0.0486. The van der Waals surface area contributed by atoms with E-state index in [-0.39, 0.29) is 34.4 Å². The maximum absolute atomic E-state index is 10.9. The van der Waals surface area contributed by atoms with Gasteiger partial charge in [-0.1, -0.05) is 12.1 Å². The molecule has 12 heteroatoms. The highest BCUT2D eigenvalue weighted by molar-refractivity contribution is 5.88. The minimum Gasteiger partial charge on any atom is -0.478 e. The summed E-state index contributed by atoms with van der Waals surface area (Å²) < 4.78 is 0. The molecular weight excluding hydrogens is 344 g/mol. The third-order valence-electron chi connectivity index (χ3n) is 3.24. The van der Waals surface area contributed by atoms with Crippen molar-refractivity contribution in [1.29, 1.82) is 0 Å². The van der Waals surface area contributed by atoms with Crippen molar-refractivity contribution in [3.8, 4) is 22.8 Å². The molecule has 130 valence electrons. The highest BCUT2D eigenvalue weighted by Gasteiger charge is 2.17. The number of hydrogen-bond donors (Lipinski definition) is 4. The average molecular weight is 354 g/mol. The van der Waals surface area contributed by atoms with Crippen LogP contribution < -0.4 is 11.5 Å². The Labute approximate surface area is 144 Å². The van der Waals surface area contributed by atoms with Gasteiger partial charge in [-0.25, -0.2) is 19.6 Å². The van der Waals surface area contributed by atoms with E-state index in [0.29, 0.717) is 5.56 Å². The number of rotatable bonds is 4. The molecule has 0 aliphatic rings. The van der Waals surface area contributed by atoms with Crippen molar-refractivity contribution < 1.29 is 19.8 Å². The fourth-order valence-electron chi connectivity index (χ4n) is 2.02. The van der Waals surface area contributed by atoms with E-state index in [9.17, 15) is 9.59 Å². The van der Waals surface area contributed by atoms with Crippen LogP contribution in [0.3, 0.4) is 0 Å². The van der Waals surface area contributed by atoms with Gasteiger partial charge in [0.1, 0.15) is 5.69 Å². The molecule has 0 amide bonds. The van der Waals surface area contributed by atoms with Gasteiger partial charge in [0.05, 0.1) is 5.56 Å². The van der Waals surface area contributed by atoms with Gasteiger partial charge in [0.25, 0.3) is 5.82 Å². The summed E-state index contributed by atoms with van der Waals surface area (Å²) in [6, 6.07) is 5.82. The van der Waals surface area contributed by atoms with Crippen LogP contribution in [0.25, 0.3) is 22.8 Å². The molecule has 0 atom stereocenters. The molecule has 3 rings (SSSR count). The van der Waals surface area contributed by atoms with Gasteiger partial charge in [-0.05, 0) is 12.1 Å². The first kappa shape index (κ1) is 16.6. The Kier molecular flexibility index (Phi) is 4.06. The number of aromatic carboxylic acids is 2. The summed E-state index contributed by atoms with van der Waals surface area (Å²) in [6.45, 7) is 0. The lowest BCUT2D eigenvalue weighted by Crippen LogP contribution is -2.11. The second-order valence-electron chi connectivity index (χ2n) is 4.93. The molecule has 0 saturated carbocycles. The third kappa shape index (κ3) is 3.06. The fraction of sp³-hybridized carbons (Fsp3) is 0. The second-order valence-corrected chi connectivity index (χ2v) is 4.93. The number of carboxylic acids is 2. The minimum absolute atomic E-state index is 0.00894. The van der Waals surface area contributed by atoms with E-state index in [2.05, 4.69) is 30.4 Å². The van der Waals surface area contributed by atoms with Gasteiger partial charge in [-0.3, -0.25) is 0 Å². The van der Waals surface area contributed by atoms with Crippen molar-refractivity contribution in [1.82, 2.24) is 30.4 Å². The van der Waals surface area contributed by atoms with Crippen molar-refractivity contribution in [2.45, 2.75) is 0 Å². The molecule has 0 aliphatic carbocycles. The Hall–Kier alpha value is -4.22. The first-order valence-corrected chi connectivity index (χ1v) is 6.94. The molecule has 26 heavy (non-hydrogen) atoms. The number of anilines is 2. The SMILES string of the molecule is Nc1nc(-c2nnc(C(=O)O)nn2)c(N)nc1-c1ccc(C(=O)O)cc1. The van der Waals surface area contributed by atoms with Gasteiger partial charge in [-0.15, -0.1) is 20.4 Å². The summed E-state index contributed by atoms with van der Waals surface area (Å²) in [5, 5.41) is 31.6. The number of nitrogens with zero attached hydrogens (tertiary/aromatic N) is 6. The Morgan fingerprint density at radius 2 is 1.31 bits per heavy atom. The molecule has 0 radical (unpaired) electrons. The van der Waals surface area contributed by atoms with Crippen molar-refractivity contribution >= 4 is 23.6 Å². The maximum Gasteiger partial charge on any atom is 0.377 e. The zero-order valence-corrected chi connectivity index (χ0v) is 12.9. The lowest BCUT2D eigenvalue weighted by molar-refractivity contribution is 0.0675. The fourth-order valence-corrected chi connectivity index (χ4v) is 2.02. The van der Waals surface area contributed by atoms with Crippen LogP contribution in [0.15, 0.2) is 24.3 Å². The molecule has 12 nitrogen and oxygen atoms in total. The van der Waals surface area contributed by atoms with E-state index in [1.807, 2.05) is 0 Å². The molecule has 0 bridgehead atoms. The quantitative estimate of drug-likeness (QED) is 0.486. The number of carbonyl (C=O) groups is 2. The summed E-state index contributed by atoms with van der Waals surface area (Å²) in [7, 11) is 0. The van der Waals surface area contributed by atoms with Crippen LogP contribution in [-0.4, -0.2) is 52.5 Å². The molecular formula is C14H10N8O4. The Morgan fingerprint density at radius 3 is 1.85 bits per heavy atom. The Balaban J connectivity index is 2.00. The maximum atomic E-state index is 10.9. The monoisotopic (exact) mass is 354 g/mol. The average Bonchev–Trinajstić information content (AvgIpc) is 2.63. The molecule has 2 heterocycles. The first-order valence-electron chi connectivity index (χ1n) is 6.94. The Bertz CT molecular complexity index is 921. The third-order valence-corrected chi connectivity index (χ3v) is 3.24. The van der Waals surface area contributed by atoms with E-state index < -0.39 is 17.8 Å². The molecule has 0 aliphatic heterocycles. The summed E-state index contributed by atoms with van der Waals surface area (Å²) >= 11 is 0. The van der Waals surface area contributed by atoms with Gasteiger partial charge < -0.3 is 21.7 Å². The van der Waals surface area contributed by atoms with Crippen LogP contribution in [0.4, 0.5) is 11.6 Å².